The second-order valence-corrected chi connectivity index (χ2v) is 13.5. The Balaban J connectivity index is 1.13. The largest absolute Gasteiger partial charge is 0.484 e. The highest BCUT2D eigenvalue weighted by molar-refractivity contribution is 9.10. The number of ether oxygens (including phenoxy) is 2. The lowest BCUT2D eigenvalue weighted by Crippen LogP contribution is -2.52. The number of aromatic nitrogens is 2. The molecule has 4 heterocycles. The Bertz CT molecular complexity index is 1480. The molecule has 0 saturated carbocycles. The number of carbonyl (C=O) groups excluding carboxylic acids is 2. The van der Waals surface area contributed by atoms with Crippen LogP contribution in [0.4, 0.5) is 10.6 Å². The molecule has 13 heteroatoms. The Hall–Kier alpha value is -3.16. The van der Waals surface area contributed by atoms with E-state index < -0.39 is 5.60 Å². The Morgan fingerprint density at radius 1 is 1.10 bits per heavy atom. The summed E-state index contributed by atoms with van der Waals surface area (Å²) in [7, 11) is 2.09. The van der Waals surface area contributed by atoms with Crippen molar-refractivity contribution in [2.75, 3.05) is 58.2 Å². The number of nitrogens with one attached hydrogen (secondary N) is 1. The highest BCUT2D eigenvalue weighted by Crippen LogP contribution is 2.30. The van der Waals surface area contributed by atoms with Crippen LogP contribution in [-0.2, 0) is 9.53 Å². The molecule has 0 radical (unpaired) electrons. The van der Waals surface area contributed by atoms with Gasteiger partial charge in [-0.3, -0.25) is 14.0 Å². The fourth-order valence-corrected chi connectivity index (χ4v) is 6.45. The first-order valence-electron chi connectivity index (χ1n) is 14.1. The van der Waals surface area contributed by atoms with E-state index in [-0.39, 0.29) is 36.1 Å². The van der Waals surface area contributed by atoms with Crippen LogP contribution >= 0.6 is 27.3 Å². The third-order valence-corrected chi connectivity index (χ3v) is 8.85. The van der Waals surface area contributed by atoms with Crippen molar-refractivity contribution in [2.45, 2.75) is 44.8 Å². The minimum atomic E-state index is -0.546. The van der Waals surface area contributed by atoms with Crippen LogP contribution in [0.15, 0.2) is 45.1 Å². The van der Waals surface area contributed by atoms with Crippen molar-refractivity contribution < 1.29 is 19.1 Å². The van der Waals surface area contributed by atoms with Crippen molar-refractivity contribution in [1.82, 2.24) is 24.1 Å². The number of amides is 2. The van der Waals surface area contributed by atoms with Gasteiger partial charge in [-0.25, -0.2) is 9.78 Å². The van der Waals surface area contributed by atoms with Crippen molar-refractivity contribution in [1.29, 1.82) is 0 Å². The van der Waals surface area contributed by atoms with Gasteiger partial charge in [-0.2, -0.15) is 0 Å². The SMILES string of the molecule is CN1C[C@H](Nc2nc3sccn3c(=O)c2Br)C[C@H](c2ccc(OCC(=O)N3CCN(C(=O)OC(C)(C)C)CC3)cc2)C1. The first-order chi connectivity index (χ1) is 20.0. The molecule has 2 atom stereocenters. The fourth-order valence-electron chi connectivity index (χ4n) is 5.35. The highest BCUT2D eigenvalue weighted by Gasteiger charge is 2.29. The Labute approximate surface area is 257 Å². The van der Waals surface area contributed by atoms with Gasteiger partial charge in [0.2, 0.25) is 0 Å². The standard InChI is InChI=1S/C29H37BrN6O5S/c1-29(2,3)41-28(39)35-11-9-34(10-12-35)23(37)18-40-22-7-5-19(6-8-22)20-15-21(17-33(4)16-20)31-25-24(30)26(38)36-13-14-42-27(36)32-25/h5-8,13-14,20-21,31H,9-12,15-18H2,1-4H3/t20-,21+/m0/s1. The summed E-state index contributed by atoms with van der Waals surface area (Å²) in [4.78, 5) is 48.6. The van der Waals surface area contributed by atoms with Crippen molar-refractivity contribution in [3.63, 3.8) is 0 Å². The van der Waals surface area contributed by atoms with Crippen LogP contribution in [0.1, 0.15) is 38.7 Å². The molecular weight excluding hydrogens is 624 g/mol. The lowest BCUT2D eigenvalue weighted by molar-refractivity contribution is -0.135. The smallest absolute Gasteiger partial charge is 0.410 e. The van der Waals surface area contributed by atoms with Crippen LogP contribution in [0.2, 0.25) is 0 Å². The molecule has 3 aromatic rings. The van der Waals surface area contributed by atoms with Gasteiger partial charge in [-0.15, -0.1) is 11.3 Å². The number of fused-ring (bicyclic) bond motifs is 1. The predicted molar refractivity (Wildman–Crippen MR) is 166 cm³/mol. The number of piperazine rings is 1. The maximum atomic E-state index is 12.7. The lowest BCUT2D eigenvalue weighted by atomic mass is 9.88. The van der Waals surface area contributed by atoms with E-state index in [1.807, 2.05) is 38.3 Å². The highest BCUT2D eigenvalue weighted by atomic mass is 79.9. The number of carbonyl (C=O) groups is 2. The van der Waals surface area contributed by atoms with Crippen molar-refractivity contribution in [3.8, 4) is 5.75 Å². The molecule has 11 nitrogen and oxygen atoms in total. The van der Waals surface area contributed by atoms with E-state index in [0.717, 1.165) is 19.5 Å². The Morgan fingerprint density at radius 3 is 2.48 bits per heavy atom. The zero-order valence-corrected chi connectivity index (χ0v) is 26.7. The third-order valence-electron chi connectivity index (χ3n) is 7.38. The molecular formula is C29H37BrN6O5S. The molecule has 2 aliphatic rings. The summed E-state index contributed by atoms with van der Waals surface area (Å²) in [5, 5.41) is 5.34. The summed E-state index contributed by atoms with van der Waals surface area (Å²) in [6.07, 6.45) is 2.26. The molecule has 0 bridgehead atoms. The van der Waals surface area contributed by atoms with Crippen LogP contribution in [0.3, 0.4) is 0 Å². The van der Waals surface area contributed by atoms with Crippen LogP contribution in [-0.4, -0.2) is 101 Å². The average molecular weight is 662 g/mol. The molecule has 2 fully saturated rings. The van der Waals surface area contributed by atoms with E-state index in [0.29, 0.717) is 47.2 Å². The molecule has 2 amide bonds. The normalized spacial score (nSPS) is 20.0. The molecule has 0 spiro atoms. The number of thiazole rings is 1. The average Bonchev–Trinajstić information content (AvgIpc) is 3.42. The van der Waals surface area contributed by atoms with E-state index >= 15 is 0 Å². The van der Waals surface area contributed by atoms with Crippen LogP contribution < -0.4 is 15.6 Å². The van der Waals surface area contributed by atoms with Crippen molar-refractivity contribution >= 4 is 50.0 Å². The number of nitrogens with zero attached hydrogens (tertiary/aromatic N) is 5. The van der Waals surface area contributed by atoms with E-state index in [1.54, 1.807) is 20.4 Å². The zero-order valence-electron chi connectivity index (χ0n) is 24.3. The van der Waals surface area contributed by atoms with Gasteiger partial charge in [-0.1, -0.05) is 12.1 Å². The van der Waals surface area contributed by atoms with Gasteiger partial charge in [0.05, 0.1) is 0 Å². The number of hydrogen-bond donors (Lipinski definition) is 1. The summed E-state index contributed by atoms with van der Waals surface area (Å²) in [6.45, 7) is 8.99. The van der Waals surface area contributed by atoms with Gasteiger partial charge in [0.15, 0.2) is 11.6 Å². The minimum absolute atomic E-state index is 0.0552. The van der Waals surface area contributed by atoms with E-state index in [1.165, 1.54) is 16.9 Å². The Kier molecular flexibility index (Phi) is 9.09. The summed E-state index contributed by atoms with van der Waals surface area (Å²) in [5.74, 6) is 1.38. The van der Waals surface area contributed by atoms with Gasteiger partial charge >= 0.3 is 6.09 Å². The number of rotatable bonds is 6. The number of hydrogen-bond acceptors (Lipinski definition) is 9. The predicted octanol–water partition coefficient (Wildman–Crippen LogP) is 3.88. The molecule has 2 aliphatic heterocycles. The van der Waals surface area contributed by atoms with Gasteiger partial charge in [0.1, 0.15) is 21.6 Å². The lowest BCUT2D eigenvalue weighted by Gasteiger charge is -2.36. The molecule has 2 aromatic heterocycles. The number of likely N-dealkylation sites (N-methyl/N-ethyl adjacent to an activating group) is 1. The molecule has 226 valence electrons. The fraction of sp³-hybridized carbons (Fsp3) is 0.517. The van der Waals surface area contributed by atoms with Crippen LogP contribution in [0.25, 0.3) is 4.96 Å². The minimum Gasteiger partial charge on any atom is -0.484 e. The van der Waals surface area contributed by atoms with E-state index in [2.05, 4.69) is 50.3 Å². The van der Waals surface area contributed by atoms with Crippen LogP contribution in [0.5, 0.6) is 5.75 Å². The number of benzene rings is 1. The molecule has 1 N–H and O–H groups in total. The van der Waals surface area contributed by atoms with Crippen molar-refractivity contribution in [2.24, 2.45) is 0 Å². The summed E-state index contributed by atoms with van der Waals surface area (Å²) >= 11 is 4.86. The second-order valence-electron chi connectivity index (χ2n) is 11.8. The first kappa shape index (κ1) is 30.3. The van der Waals surface area contributed by atoms with Crippen molar-refractivity contribution in [3.05, 3.63) is 56.2 Å². The van der Waals surface area contributed by atoms with Gasteiger partial charge in [0, 0.05) is 56.9 Å². The number of likely N-dealkylation sites (tertiary alicyclic amines) is 1. The maximum Gasteiger partial charge on any atom is 0.410 e. The summed E-state index contributed by atoms with van der Waals surface area (Å²) in [5.41, 5.74) is 0.517. The van der Waals surface area contributed by atoms with Gasteiger partial charge in [0.25, 0.3) is 11.5 Å². The van der Waals surface area contributed by atoms with Gasteiger partial charge in [-0.05, 0) is 73.8 Å². The Morgan fingerprint density at radius 2 is 1.79 bits per heavy atom. The molecule has 0 aliphatic carbocycles. The monoisotopic (exact) mass is 660 g/mol. The molecule has 5 rings (SSSR count). The summed E-state index contributed by atoms with van der Waals surface area (Å²) < 4.78 is 13.2. The molecule has 2 saturated heterocycles. The second kappa shape index (κ2) is 12.6. The number of anilines is 1. The van der Waals surface area contributed by atoms with Gasteiger partial charge < -0.3 is 29.5 Å². The molecule has 42 heavy (non-hydrogen) atoms. The topological polar surface area (TPSA) is 109 Å². The van der Waals surface area contributed by atoms with E-state index in [4.69, 9.17) is 9.47 Å². The maximum absolute atomic E-state index is 12.7. The zero-order chi connectivity index (χ0) is 30.0. The molecule has 1 aromatic carbocycles. The summed E-state index contributed by atoms with van der Waals surface area (Å²) in [6, 6.07) is 8.04. The van der Waals surface area contributed by atoms with Crippen LogP contribution in [0, 0.1) is 0 Å². The molecule has 0 unspecified atom stereocenters. The quantitative estimate of drug-likeness (QED) is 0.425. The first-order valence-corrected chi connectivity index (χ1v) is 15.7. The third kappa shape index (κ3) is 7.24. The number of halogens is 1. The van der Waals surface area contributed by atoms with E-state index in [9.17, 15) is 14.4 Å². The number of piperidine rings is 1.